The average Bonchev–Trinajstić information content (AvgIpc) is 2.93. The first-order chi connectivity index (χ1) is 18.1. The summed E-state index contributed by atoms with van der Waals surface area (Å²) in [4.78, 5) is 33.6. The number of carbonyl (C=O) groups excluding carboxylic acids is 1. The summed E-state index contributed by atoms with van der Waals surface area (Å²) in [7, 11) is 1.88. The highest BCUT2D eigenvalue weighted by Gasteiger charge is 2.22. The number of anilines is 1. The van der Waals surface area contributed by atoms with Crippen LogP contribution in [0, 0.1) is 0 Å². The van der Waals surface area contributed by atoms with Crippen molar-refractivity contribution in [1.29, 1.82) is 0 Å². The Bertz CT molecular complexity index is 1390. The maximum absolute atomic E-state index is 12.7. The highest BCUT2D eigenvalue weighted by molar-refractivity contribution is 5.96. The molecule has 0 fully saturated rings. The van der Waals surface area contributed by atoms with Gasteiger partial charge in [0.1, 0.15) is 6.04 Å². The fourth-order valence-electron chi connectivity index (χ4n) is 4.04. The molecule has 194 valence electrons. The zero-order valence-corrected chi connectivity index (χ0v) is 22.0. The van der Waals surface area contributed by atoms with Crippen LogP contribution in [0.1, 0.15) is 42.3 Å². The Morgan fingerprint density at radius 2 is 1.39 bits per heavy atom. The molecule has 0 aliphatic rings. The summed E-state index contributed by atoms with van der Waals surface area (Å²) >= 11 is 0. The molecular weight excluding hydrogens is 476 g/mol. The SMILES string of the molecule is CNc1ccc(-c2cnc(-c3ccc(C[C@H](NC(=O)c4ccc(C(C)(C)C)cc4)C(=O)O)cc3)nc2)cc1. The van der Waals surface area contributed by atoms with Crippen molar-refractivity contribution in [3.63, 3.8) is 0 Å². The molecule has 7 nitrogen and oxygen atoms in total. The molecule has 0 aliphatic heterocycles. The largest absolute Gasteiger partial charge is 0.480 e. The molecule has 38 heavy (non-hydrogen) atoms. The van der Waals surface area contributed by atoms with Gasteiger partial charge in [0, 0.05) is 48.2 Å². The van der Waals surface area contributed by atoms with Gasteiger partial charge in [-0.15, -0.1) is 0 Å². The average molecular weight is 509 g/mol. The highest BCUT2D eigenvalue weighted by Crippen LogP contribution is 2.24. The summed E-state index contributed by atoms with van der Waals surface area (Å²) < 4.78 is 0. The summed E-state index contributed by atoms with van der Waals surface area (Å²) in [5, 5.41) is 15.5. The number of benzene rings is 3. The van der Waals surface area contributed by atoms with Gasteiger partial charge in [0.25, 0.3) is 5.91 Å². The van der Waals surface area contributed by atoms with Crippen LogP contribution in [-0.4, -0.2) is 40.0 Å². The Hall–Kier alpha value is -4.52. The van der Waals surface area contributed by atoms with Crippen molar-refractivity contribution in [2.75, 3.05) is 12.4 Å². The van der Waals surface area contributed by atoms with Gasteiger partial charge >= 0.3 is 5.97 Å². The van der Waals surface area contributed by atoms with E-state index in [1.165, 1.54) is 0 Å². The molecule has 0 radical (unpaired) electrons. The van der Waals surface area contributed by atoms with Crippen LogP contribution in [0.5, 0.6) is 0 Å². The molecule has 3 N–H and O–H groups in total. The predicted octanol–water partition coefficient (Wildman–Crippen LogP) is 5.58. The molecule has 4 rings (SSSR count). The van der Waals surface area contributed by atoms with E-state index in [2.05, 4.69) is 41.4 Å². The minimum Gasteiger partial charge on any atom is -0.480 e. The number of aliphatic carboxylic acids is 1. The fraction of sp³-hybridized carbons (Fsp3) is 0.226. The maximum Gasteiger partial charge on any atom is 0.326 e. The van der Waals surface area contributed by atoms with E-state index < -0.39 is 17.9 Å². The fourth-order valence-corrected chi connectivity index (χ4v) is 4.04. The van der Waals surface area contributed by atoms with E-state index in [-0.39, 0.29) is 11.8 Å². The van der Waals surface area contributed by atoms with Gasteiger partial charge in [-0.1, -0.05) is 69.3 Å². The number of rotatable bonds is 8. The number of carboxylic acid groups (broad SMARTS) is 1. The zero-order valence-electron chi connectivity index (χ0n) is 22.0. The van der Waals surface area contributed by atoms with E-state index in [9.17, 15) is 14.7 Å². The number of aromatic nitrogens is 2. The lowest BCUT2D eigenvalue weighted by Crippen LogP contribution is -2.42. The molecule has 7 heteroatoms. The van der Waals surface area contributed by atoms with Gasteiger partial charge in [0.2, 0.25) is 0 Å². The monoisotopic (exact) mass is 508 g/mol. The first kappa shape index (κ1) is 26.5. The molecule has 3 aromatic carbocycles. The minimum atomic E-state index is -1.09. The molecule has 1 heterocycles. The molecule has 4 aromatic rings. The van der Waals surface area contributed by atoms with Gasteiger partial charge in [-0.2, -0.15) is 0 Å². The second-order valence-corrected chi connectivity index (χ2v) is 10.2. The molecule has 0 bridgehead atoms. The van der Waals surface area contributed by atoms with Gasteiger partial charge in [0.05, 0.1) is 0 Å². The normalized spacial score (nSPS) is 12.0. The number of nitrogens with zero attached hydrogens (tertiary/aromatic N) is 2. The standard InChI is InChI=1S/C31H32N4O3/c1-31(2,3)25-13-9-23(10-14-25)29(36)35-27(30(37)38)17-20-5-7-22(8-6-20)28-33-18-24(19-34-28)21-11-15-26(32-4)16-12-21/h5-16,18-19,27,32H,17H2,1-4H3,(H,35,36)(H,37,38)/t27-/m0/s1. The first-order valence-corrected chi connectivity index (χ1v) is 12.5. The molecular formula is C31H32N4O3. The van der Waals surface area contributed by atoms with Crippen LogP contribution in [-0.2, 0) is 16.6 Å². The van der Waals surface area contributed by atoms with Crippen molar-refractivity contribution >= 4 is 17.6 Å². The van der Waals surface area contributed by atoms with E-state index >= 15 is 0 Å². The number of hydrogen-bond acceptors (Lipinski definition) is 5. The number of carbonyl (C=O) groups is 2. The third kappa shape index (κ3) is 6.42. The lowest BCUT2D eigenvalue weighted by molar-refractivity contribution is -0.139. The van der Waals surface area contributed by atoms with Crippen LogP contribution >= 0.6 is 0 Å². The molecule has 0 unspecified atom stereocenters. The topological polar surface area (TPSA) is 104 Å². The smallest absolute Gasteiger partial charge is 0.326 e. The second-order valence-electron chi connectivity index (χ2n) is 10.2. The van der Waals surface area contributed by atoms with E-state index in [0.717, 1.165) is 33.5 Å². The van der Waals surface area contributed by atoms with Gasteiger partial charge in [-0.3, -0.25) is 4.79 Å². The van der Waals surface area contributed by atoms with Gasteiger partial charge in [-0.05, 0) is 46.4 Å². The van der Waals surface area contributed by atoms with Crippen molar-refractivity contribution < 1.29 is 14.7 Å². The van der Waals surface area contributed by atoms with Crippen molar-refractivity contribution in [2.45, 2.75) is 38.6 Å². The van der Waals surface area contributed by atoms with E-state index in [0.29, 0.717) is 11.4 Å². The number of amides is 1. The van der Waals surface area contributed by atoms with E-state index in [1.54, 1.807) is 24.5 Å². The highest BCUT2D eigenvalue weighted by atomic mass is 16.4. The van der Waals surface area contributed by atoms with Crippen molar-refractivity contribution in [3.8, 4) is 22.5 Å². The van der Waals surface area contributed by atoms with Crippen LogP contribution in [0.4, 0.5) is 5.69 Å². The summed E-state index contributed by atoms with van der Waals surface area (Å²) in [5.74, 6) is -0.923. The van der Waals surface area contributed by atoms with Crippen LogP contribution in [0.25, 0.3) is 22.5 Å². The second kappa shape index (κ2) is 11.3. The quantitative estimate of drug-likeness (QED) is 0.287. The number of nitrogens with one attached hydrogen (secondary N) is 2. The molecule has 0 saturated heterocycles. The third-order valence-corrected chi connectivity index (χ3v) is 6.43. The van der Waals surface area contributed by atoms with Crippen molar-refractivity contribution in [3.05, 3.63) is 102 Å². The Balaban J connectivity index is 1.41. The number of carboxylic acids is 1. The minimum absolute atomic E-state index is 0.0313. The summed E-state index contributed by atoms with van der Waals surface area (Å²) in [6.45, 7) is 6.29. The lowest BCUT2D eigenvalue weighted by atomic mass is 9.86. The Kier molecular flexibility index (Phi) is 7.86. The maximum atomic E-state index is 12.7. The Labute approximate surface area is 223 Å². The van der Waals surface area contributed by atoms with Gasteiger partial charge < -0.3 is 15.7 Å². The first-order valence-electron chi connectivity index (χ1n) is 12.5. The Morgan fingerprint density at radius 1 is 0.816 bits per heavy atom. The molecule has 0 saturated carbocycles. The zero-order chi connectivity index (χ0) is 27.3. The predicted molar refractivity (Wildman–Crippen MR) is 150 cm³/mol. The third-order valence-electron chi connectivity index (χ3n) is 6.43. The lowest BCUT2D eigenvalue weighted by Gasteiger charge is -2.19. The molecule has 1 amide bonds. The molecule has 0 spiro atoms. The van der Waals surface area contributed by atoms with Crippen molar-refractivity contribution in [2.24, 2.45) is 0 Å². The summed E-state index contributed by atoms with van der Waals surface area (Å²) in [5.41, 5.74) is 6.08. The summed E-state index contributed by atoms with van der Waals surface area (Å²) in [6.07, 6.45) is 3.73. The molecule has 0 aliphatic carbocycles. The molecule has 1 atom stereocenters. The number of hydrogen-bond donors (Lipinski definition) is 3. The van der Waals surface area contributed by atoms with Crippen LogP contribution in [0.15, 0.2) is 85.2 Å². The van der Waals surface area contributed by atoms with Gasteiger partial charge in [-0.25, -0.2) is 14.8 Å². The Morgan fingerprint density at radius 3 is 1.92 bits per heavy atom. The van der Waals surface area contributed by atoms with Crippen LogP contribution in [0.3, 0.4) is 0 Å². The van der Waals surface area contributed by atoms with Crippen LogP contribution < -0.4 is 10.6 Å². The van der Waals surface area contributed by atoms with E-state index in [1.807, 2.05) is 67.7 Å². The van der Waals surface area contributed by atoms with Crippen molar-refractivity contribution in [1.82, 2.24) is 15.3 Å². The van der Waals surface area contributed by atoms with Crippen LogP contribution in [0.2, 0.25) is 0 Å². The summed E-state index contributed by atoms with van der Waals surface area (Å²) in [6, 6.07) is 21.6. The molecule has 1 aromatic heterocycles. The van der Waals surface area contributed by atoms with Gasteiger partial charge in [0.15, 0.2) is 5.82 Å². The van der Waals surface area contributed by atoms with E-state index in [4.69, 9.17) is 0 Å².